The first-order valence-electron chi connectivity index (χ1n) is 10.2. The van der Waals surface area contributed by atoms with Crippen LogP contribution < -0.4 is 10.6 Å². The van der Waals surface area contributed by atoms with E-state index in [1.165, 1.54) is 6.07 Å². The van der Waals surface area contributed by atoms with Crippen molar-refractivity contribution < 1.29 is 22.8 Å². The van der Waals surface area contributed by atoms with E-state index in [0.29, 0.717) is 23.2 Å². The van der Waals surface area contributed by atoms with Crippen LogP contribution in [-0.4, -0.2) is 21.6 Å². The van der Waals surface area contributed by atoms with E-state index < -0.39 is 28.6 Å². The predicted octanol–water partition coefficient (Wildman–Crippen LogP) is 4.99. The van der Waals surface area contributed by atoms with Crippen molar-refractivity contribution in [2.45, 2.75) is 47.0 Å². The van der Waals surface area contributed by atoms with Crippen LogP contribution in [0, 0.1) is 5.41 Å². The summed E-state index contributed by atoms with van der Waals surface area (Å²) in [7, 11) is 0. The highest BCUT2D eigenvalue weighted by molar-refractivity contribution is 6.09. The number of anilines is 1. The highest BCUT2D eigenvalue weighted by atomic mass is 19.4. The molecule has 1 aromatic heterocycles. The zero-order valence-electron chi connectivity index (χ0n) is 18.3. The van der Waals surface area contributed by atoms with E-state index in [2.05, 4.69) is 15.7 Å². The van der Waals surface area contributed by atoms with Gasteiger partial charge in [0, 0.05) is 23.9 Å². The molecule has 3 rings (SSSR count). The van der Waals surface area contributed by atoms with Crippen LogP contribution in [-0.2, 0) is 24.1 Å². The van der Waals surface area contributed by atoms with Crippen LogP contribution in [0.2, 0.25) is 0 Å². The number of aryl methyl sites for hydroxylation is 1. The highest BCUT2D eigenvalue weighted by Crippen LogP contribution is 2.33. The molecule has 0 fully saturated rings. The molecular weight excluding hydrogens is 421 g/mol. The third-order valence-corrected chi connectivity index (χ3v) is 5.00. The van der Waals surface area contributed by atoms with Gasteiger partial charge in [-0.3, -0.25) is 14.3 Å². The van der Waals surface area contributed by atoms with E-state index in [1.807, 2.05) is 13.0 Å². The third-order valence-electron chi connectivity index (χ3n) is 5.00. The van der Waals surface area contributed by atoms with Crippen LogP contribution in [0.25, 0.3) is 10.9 Å². The third kappa shape index (κ3) is 4.92. The largest absolute Gasteiger partial charge is 0.417 e. The first-order valence-corrected chi connectivity index (χ1v) is 10.2. The summed E-state index contributed by atoms with van der Waals surface area (Å²) in [5, 5.41) is 10.1. The molecule has 32 heavy (non-hydrogen) atoms. The summed E-state index contributed by atoms with van der Waals surface area (Å²) < 4.78 is 42.5. The van der Waals surface area contributed by atoms with E-state index in [0.717, 1.165) is 17.6 Å². The summed E-state index contributed by atoms with van der Waals surface area (Å²) in [5.74, 6) is -1.14. The van der Waals surface area contributed by atoms with Crippen molar-refractivity contribution in [3.8, 4) is 0 Å². The Labute approximate surface area is 183 Å². The van der Waals surface area contributed by atoms with Gasteiger partial charge in [0.25, 0.3) is 5.91 Å². The Morgan fingerprint density at radius 3 is 2.44 bits per heavy atom. The van der Waals surface area contributed by atoms with Crippen LogP contribution in [0.15, 0.2) is 42.6 Å². The Morgan fingerprint density at radius 2 is 1.81 bits per heavy atom. The monoisotopic (exact) mass is 446 g/mol. The smallest absolute Gasteiger partial charge is 0.352 e. The second kappa shape index (κ2) is 8.64. The summed E-state index contributed by atoms with van der Waals surface area (Å²) >= 11 is 0. The maximum absolute atomic E-state index is 13.6. The molecule has 2 aromatic carbocycles. The van der Waals surface area contributed by atoms with Crippen molar-refractivity contribution >= 4 is 28.4 Å². The quantitative estimate of drug-likeness (QED) is 0.580. The fraction of sp³-hybridized carbons (Fsp3) is 0.348. The van der Waals surface area contributed by atoms with Crippen LogP contribution in [0.1, 0.15) is 49.2 Å². The van der Waals surface area contributed by atoms with Crippen LogP contribution >= 0.6 is 0 Å². The molecule has 0 bridgehead atoms. The SMILES string of the molecule is CCn1ncc2c(NC(=O)c3cc(CNC(=O)C(C)(C)C)ccc3C(F)(F)F)cccc21. The predicted molar refractivity (Wildman–Crippen MR) is 116 cm³/mol. The fourth-order valence-electron chi connectivity index (χ4n) is 3.24. The lowest BCUT2D eigenvalue weighted by Crippen LogP contribution is -2.34. The molecule has 0 aliphatic heterocycles. The van der Waals surface area contributed by atoms with Gasteiger partial charge in [0.15, 0.2) is 0 Å². The molecule has 2 N–H and O–H groups in total. The number of nitrogens with zero attached hydrogens (tertiary/aromatic N) is 2. The molecule has 1 heterocycles. The van der Waals surface area contributed by atoms with E-state index >= 15 is 0 Å². The van der Waals surface area contributed by atoms with Gasteiger partial charge < -0.3 is 10.6 Å². The van der Waals surface area contributed by atoms with Crippen LogP contribution in [0.3, 0.4) is 0 Å². The minimum atomic E-state index is -4.71. The molecule has 0 aliphatic rings. The first kappa shape index (κ1) is 23.3. The van der Waals surface area contributed by atoms with E-state index in [4.69, 9.17) is 0 Å². The number of hydrogen-bond donors (Lipinski definition) is 2. The van der Waals surface area contributed by atoms with Crippen molar-refractivity contribution in [3.63, 3.8) is 0 Å². The van der Waals surface area contributed by atoms with Gasteiger partial charge in [0.1, 0.15) is 0 Å². The lowest BCUT2D eigenvalue weighted by atomic mass is 9.95. The number of benzene rings is 2. The highest BCUT2D eigenvalue weighted by Gasteiger charge is 2.35. The number of aromatic nitrogens is 2. The van der Waals surface area contributed by atoms with Crippen molar-refractivity contribution in [2.24, 2.45) is 5.41 Å². The molecule has 0 saturated carbocycles. The number of rotatable bonds is 5. The Kier molecular flexibility index (Phi) is 6.29. The van der Waals surface area contributed by atoms with Gasteiger partial charge in [-0.05, 0) is 36.8 Å². The summed E-state index contributed by atoms with van der Waals surface area (Å²) in [6.45, 7) is 7.73. The van der Waals surface area contributed by atoms with Gasteiger partial charge >= 0.3 is 6.18 Å². The van der Waals surface area contributed by atoms with Crippen molar-refractivity contribution in [1.82, 2.24) is 15.1 Å². The molecule has 2 amide bonds. The van der Waals surface area contributed by atoms with Gasteiger partial charge in [-0.1, -0.05) is 32.9 Å². The molecule has 0 atom stereocenters. The summed E-state index contributed by atoms with van der Waals surface area (Å²) in [6.07, 6.45) is -3.14. The molecule has 0 aliphatic carbocycles. The van der Waals surface area contributed by atoms with Crippen molar-refractivity contribution in [1.29, 1.82) is 0 Å². The van der Waals surface area contributed by atoms with Gasteiger partial charge in [-0.15, -0.1) is 0 Å². The Morgan fingerprint density at radius 1 is 1.09 bits per heavy atom. The van der Waals surface area contributed by atoms with Gasteiger partial charge in [0.2, 0.25) is 5.91 Å². The number of nitrogens with one attached hydrogen (secondary N) is 2. The number of carbonyl (C=O) groups excluding carboxylic acids is 2. The van der Waals surface area contributed by atoms with Crippen LogP contribution in [0.5, 0.6) is 0 Å². The van der Waals surface area contributed by atoms with E-state index in [1.54, 1.807) is 43.8 Å². The van der Waals surface area contributed by atoms with Crippen molar-refractivity contribution in [2.75, 3.05) is 5.32 Å². The average Bonchev–Trinajstić information content (AvgIpc) is 3.14. The molecule has 6 nitrogen and oxygen atoms in total. The molecule has 0 unspecified atom stereocenters. The summed E-state index contributed by atoms with van der Waals surface area (Å²) in [6, 6.07) is 8.42. The van der Waals surface area contributed by atoms with Crippen molar-refractivity contribution in [3.05, 3.63) is 59.3 Å². The normalized spacial score (nSPS) is 12.1. The Balaban J connectivity index is 1.93. The minimum Gasteiger partial charge on any atom is -0.352 e. The number of alkyl halides is 3. The van der Waals surface area contributed by atoms with Gasteiger partial charge in [-0.2, -0.15) is 18.3 Å². The Hall–Kier alpha value is -3.36. The second-order valence-corrected chi connectivity index (χ2v) is 8.46. The molecule has 9 heteroatoms. The molecule has 0 radical (unpaired) electrons. The maximum atomic E-state index is 13.6. The second-order valence-electron chi connectivity index (χ2n) is 8.46. The Bertz CT molecular complexity index is 1160. The van der Waals surface area contributed by atoms with E-state index in [-0.39, 0.29) is 12.5 Å². The van der Waals surface area contributed by atoms with Gasteiger partial charge in [0.05, 0.1) is 28.5 Å². The number of amides is 2. The topological polar surface area (TPSA) is 76.0 Å². The number of halogens is 3. The fourth-order valence-corrected chi connectivity index (χ4v) is 3.24. The molecule has 170 valence electrons. The lowest BCUT2D eigenvalue weighted by molar-refractivity contribution is -0.138. The number of hydrogen-bond acceptors (Lipinski definition) is 3. The number of carbonyl (C=O) groups is 2. The zero-order valence-corrected chi connectivity index (χ0v) is 18.3. The summed E-state index contributed by atoms with van der Waals surface area (Å²) in [4.78, 5) is 25.0. The lowest BCUT2D eigenvalue weighted by Gasteiger charge is -2.18. The van der Waals surface area contributed by atoms with E-state index in [9.17, 15) is 22.8 Å². The minimum absolute atomic E-state index is 0.00731. The maximum Gasteiger partial charge on any atom is 0.417 e. The first-order chi connectivity index (χ1) is 14.9. The average molecular weight is 446 g/mol. The van der Waals surface area contributed by atoms with Crippen LogP contribution in [0.4, 0.5) is 18.9 Å². The zero-order chi connectivity index (χ0) is 23.7. The number of fused-ring (bicyclic) bond motifs is 1. The molecule has 3 aromatic rings. The standard InChI is InChI=1S/C23H25F3N4O2/c1-5-30-19-8-6-7-18(16(19)13-28-30)29-20(31)15-11-14(9-10-17(15)23(24,25)26)12-27-21(32)22(2,3)4/h6-11,13H,5,12H2,1-4H3,(H,27,32)(H,29,31). The molecule has 0 spiro atoms. The molecular formula is C23H25F3N4O2. The van der Waals surface area contributed by atoms with Gasteiger partial charge in [-0.25, -0.2) is 0 Å². The molecule has 0 saturated heterocycles. The summed E-state index contributed by atoms with van der Waals surface area (Å²) in [5.41, 5.74) is -0.685.